The van der Waals surface area contributed by atoms with Crippen molar-refractivity contribution in [1.29, 1.82) is 5.26 Å². The summed E-state index contributed by atoms with van der Waals surface area (Å²) >= 11 is 6.08. The van der Waals surface area contributed by atoms with Gasteiger partial charge in [-0.05, 0) is 69.9 Å². The van der Waals surface area contributed by atoms with E-state index in [0.717, 1.165) is 5.69 Å². The highest BCUT2D eigenvalue weighted by molar-refractivity contribution is 6.32. The van der Waals surface area contributed by atoms with E-state index in [9.17, 15) is 0 Å². The lowest BCUT2D eigenvalue weighted by Crippen LogP contribution is -2.39. The van der Waals surface area contributed by atoms with E-state index in [1.165, 1.54) is 38.9 Å². The zero-order valence-electron chi connectivity index (χ0n) is 12.9. The molecule has 0 saturated carbocycles. The minimum Gasteiger partial charge on any atom is -0.382 e. The summed E-state index contributed by atoms with van der Waals surface area (Å²) < 4.78 is 0. The van der Waals surface area contributed by atoms with Crippen molar-refractivity contribution < 1.29 is 0 Å². The Morgan fingerprint density at radius 2 is 2.14 bits per heavy atom. The fraction of sp³-hybridized carbons (Fsp3) is 0.588. The van der Waals surface area contributed by atoms with Crippen LogP contribution < -0.4 is 5.32 Å². The molecule has 1 heterocycles. The first-order valence-electron chi connectivity index (χ1n) is 7.82. The molecule has 1 atom stereocenters. The molecular weight excluding hydrogens is 282 g/mol. The van der Waals surface area contributed by atoms with Crippen molar-refractivity contribution in [3.8, 4) is 6.07 Å². The first kappa shape index (κ1) is 16.1. The topological polar surface area (TPSA) is 39.1 Å². The number of likely N-dealkylation sites (tertiary alicyclic amines) is 1. The molecule has 1 aliphatic heterocycles. The summed E-state index contributed by atoms with van der Waals surface area (Å²) in [5.74, 6) is 0.701. The standard InChI is InChI=1S/C17H24ClN3/c1-3-8-21-9-6-14(7-10-21)13(2)20-16-5-4-15(12-19)17(18)11-16/h4-5,11,13-14,20H,3,6-10H2,1-2H3. The summed E-state index contributed by atoms with van der Waals surface area (Å²) in [6, 6.07) is 8.09. The molecule has 1 unspecified atom stereocenters. The van der Waals surface area contributed by atoms with Crippen molar-refractivity contribution >= 4 is 17.3 Å². The van der Waals surface area contributed by atoms with Crippen LogP contribution in [0, 0.1) is 17.2 Å². The zero-order chi connectivity index (χ0) is 15.2. The van der Waals surface area contributed by atoms with Crippen molar-refractivity contribution in [2.45, 2.75) is 39.2 Å². The molecule has 0 aromatic heterocycles. The van der Waals surface area contributed by atoms with E-state index in [4.69, 9.17) is 16.9 Å². The zero-order valence-corrected chi connectivity index (χ0v) is 13.7. The van der Waals surface area contributed by atoms with Gasteiger partial charge in [-0.3, -0.25) is 0 Å². The third-order valence-corrected chi connectivity index (χ3v) is 4.68. The van der Waals surface area contributed by atoms with E-state index in [-0.39, 0.29) is 0 Å². The van der Waals surface area contributed by atoms with Gasteiger partial charge in [0.25, 0.3) is 0 Å². The number of benzene rings is 1. The second-order valence-electron chi connectivity index (χ2n) is 5.92. The van der Waals surface area contributed by atoms with Crippen LogP contribution in [-0.2, 0) is 0 Å². The van der Waals surface area contributed by atoms with Gasteiger partial charge in [0.15, 0.2) is 0 Å². The van der Waals surface area contributed by atoms with Gasteiger partial charge in [-0.1, -0.05) is 18.5 Å². The van der Waals surface area contributed by atoms with Crippen LogP contribution in [0.2, 0.25) is 5.02 Å². The minimum atomic E-state index is 0.428. The molecule has 3 nitrogen and oxygen atoms in total. The second-order valence-corrected chi connectivity index (χ2v) is 6.33. The molecule has 1 saturated heterocycles. The predicted molar refractivity (Wildman–Crippen MR) is 88.7 cm³/mol. The van der Waals surface area contributed by atoms with Crippen molar-refractivity contribution in [2.24, 2.45) is 5.92 Å². The highest BCUT2D eigenvalue weighted by Gasteiger charge is 2.23. The van der Waals surface area contributed by atoms with E-state index >= 15 is 0 Å². The predicted octanol–water partition coefficient (Wildman–Crippen LogP) is 4.13. The molecule has 1 aliphatic rings. The number of piperidine rings is 1. The molecule has 0 spiro atoms. The molecule has 0 bridgehead atoms. The first-order chi connectivity index (χ1) is 10.1. The SMILES string of the molecule is CCCN1CCC(C(C)Nc2ccc(C#N)c(Cl)c2)CC1. The fourth-order valence-electron chi connectivity index (χ4n) is 3.07. The number of rotatable bonds is 5. The number of nitrogens with zero attached hydrogens (tertiary/aromatic N) is 2. The summed E-state index contributed by atoms with van der Waals surface area (Å²) in [7, 11) is 0. The Morgan fingerprint density at radius 1 is 1.43 bits per heavy atom. The quantitative estimate of drug-likeness (QED) is 0.889. The first-order valence-corrected chi connectivity index (χ1v) is 8.20. The smallest absolute Gasteiger partial charge is 0.101 e. The van der Waals surface area contributed by atoms with Gasteiger partial charge in [-0.2, -0.15) is 5.26 Å². The molecule has 0 radical (unpaired) electrons. The van der Waals surface area contributed by atoms with Gasteiger partial charge in [0.05, 0.1) is 10.6 Å². The summed E-state index contributed by atoms with van der Waals surface area (Å²) in [6.07, 6.45) is 3.73. The van der Waals surface area contributed by atoms with E-state index in [0.29, 0.717) is 22.5 Å². The lowest BCUT2D eigenvalue weighted by atomic mass is 9.90. The Labute approximate surface area is 132 Å². The monoisotopic (exact) mass is 305 g/mol. The number of anilines is 1. The molecular formula is C17H24ClN3. The summed E-state index contributed by atoms with van der Waals surface area (Å²) in [6.45, 7) is 8.12. The van der Waals surface area contributed by atoms with Gasteiger partial charge in [0, 0.05) is 11.7 Å². The van der Waals surface area contributed by atoms with Crippen LogP contribution in [0.1, 0.15) is 38.7 Å². The van der Waals surface area contributed by atoms with Gasteiger partial charge in [-0.25, -0.2) is 0 Å². The van der Waals surface area contributed by atoms with Crippen molar-refractivity contribution in [3.63, 3.8) is 0 Å². The largest absolute Gasteiger partial charge is 0.382 e. The highest BCUT2D eigenvalue weighted by Crippen LogP contribution is 2.25. The Morgan fingerprint density at radius 3 is 2.71 bits per heavy atom. The molecule has 114 valence electrons. The average molecular weight is 306 g/mol. The molecule has 1 aromatic carbocycles. The molecule has 1 N–H and O–H groups in total. The number of nitriles is 1. The molecule has 21 heavy (non-hydrogen) atoms. The third kappa shape index (κ3) is 4.36. The number of hydrogen-bond donors (Lipinski definition) is 1. The average Bonchev–Trinajstić information content (AvgIpc) is 2.48. The Balaban J connectivity index is 1.89. The van der Waals surface area contributed by atoms with Gasteiger partial charge in [-0.15, -0.1) is 0 Å². The summed E-state index contributed by atoms with van der Waals surface area (Å²) in [5.41, 5.74) is 1.53. The van der Waals surface area contributed by atoms with Crippen molar-refractivity contribution in [2.75, 3.05) is 25.0 Å². The normalized spacial score (nSPS) is 18.2. The van der Waals surface area contributed by atoms with Gasteiger partial charge < -0.3 is 10.2 Å². The van der Waals surface area contributed by atoms with Crippen LogP contribution in [0.3, 0.4) is 0 Å². The van der Waals surface area contributed by atoms with Crippen molar-refractivity contribution in [1.82, 2.24) is 4.90 Å². The molecule has 1 fully saturated rings. The van der Waals surface area contributed by atoms with E-state index in [1.807, 2.05) is 12.1 Å². The highest BCUT2D eigenvalue weighted by atomic mass is 35.5. The molecule has 2 rings (SSSR count). The summed E-state index contributed by atoms with van der Waals surface area (Å²) in [4.78, 5) is 2.56. The molecule has 0 aliphatic carbocycles. The van der Waals surface area contributed by atoms with Gasteiger partial charge in [0.2, 0.25) is 0 Å². The maximum Gasteiger partial charge on any atom is 0.101 e. The number of nitrogens with one attached hydrogen (secondary N) is 1. The fourth-order valence-corrected chi connectivity index (χ4v) is 3.29. The number of halogens is 1. The minimum absolute atomic E-state index is 0.428. The van der Waals surface area contributed by atoms with Crippen LogP contribution in [0.25, 0.3) is 0 Å². The maximum atomic E-state index is 8.90. The van der Waals surface area contributed by atoms with Crippen LogP contribution in [0.5, 0.6) is 0 Å². The molecule has 0 amide bonds. The third-order valence-electron chi connectivity index (χ3n) is 4.36. The Bertz CT molecular complexity index is 501. The van der Waals surface area contributed by atoms with Crippen LogP contribution in [-0.4, -0.2) is 30.6 Å². The number of hydrogen-bond acceptors (Lipinski definition) is 3. The van der Waals surface area contributed by atoms with Crippen LogP contribution >= 0.6 is 11.6 Å². The lowest BCUT2D eigenvalue weighted by Gasteiger charge is -2.35. The maximum absolute atomic E-state index is 8.90. The molecule has 1 aromatic rings. The van der Waals surface area contributed by atoms with E-state index in [2.05, 4.69) is 30.1 Å². The molecule has 4 heteroatoms. The van der Waals surface area contributed by atoms with Crippen molar-refractivity contribution in [3.05, 3.63) is 28.8 Å². The Hall–Kier alpha value is -1.24. The van der Waals surface area contributed by atoms with Crippen LogP contribution in [0.15, 0.2) is 18.2 Å². The van der Waals surface area contributed by atoms with Gasteiger partial charge in [0.1, 0.15) is 6.07 Å². The second kappa shape index (κ2) is 7.68. The Kier molecular flexibility index (Phi) is 5.90. The lowest BCUT2D eigenvalue weighted by molar-refractivity contribution is 0.176. The van der Waals surface area contributed by atoms with Gasteiger partial charge >= 0.3 is 0 Å². The summed E-state index contributed by atoms with van der Waals surface area (Å²) in [5, 5.41) is 13.0. The van der Waals surface area contributed by atoms with E-state index in [1.54, 1.807) is 6.07 Å². The van der Waals surface area contributed by atoms with Crippen LogP contribution in [0.4, 0.5) is 5.69 Å². The van der Waals surface area contributed by atoms with E-state index < -0.39 is 0 Å².